The second-order valence-corrected chi connectivity index (χ2v) is 5.15. The minimum atomic E-state index is 0.0342. The van der Waals surface area contributed by atoms with Crippen LogP contribution in [-0.4, -0.2) is 6.61 Å². The van der Waals surface area contributed by atoms with Crippen molar-refractivity contribution in [2.75, 3.05) is 6.61 Å². The van der Waals surface area contributed by atoms with E-state index in [1.54, 1.807) is 11.3 Å². The van der Waals surface area contributed by atoms with Gasteiger partial charge in [0.2, 0.25) is 0 Å². The van der Waals surface area contributed by atoms with Crippen molar-refractivity contribution in [2.24, 2.45) is 5.84 Å². The molecule has 96 valence electrons. The molecule has 0 fully saturated rings. The molecule has 0 radical (unpaired) electrons. The Labute approximate surface area is 112 Å². The van der Waals surface area contributed by atoms with Gasteiger partial charge in [-0.1, -0.05) is 12.1 Å². The standard InChI is InChI=1S/C14H18N2OS/c1-3-17-12-6-4-11(5-7-12)14(16-15)13-8-9-18-10(13)2/h4-9,14,16H,3,15H2,1-2H3. The molecule has 2 rings (SSSR count). The Hall–Kier alpha value is -1.36. The van der Waals surface area contributed by atoms with Crippen molar-refractivity contribution in [1.82, 2.24) is 5.43 Å². The average molecular weight is 262 g/mol. The zero-order valence-electron chi connectivity index (χ0n) is 10.6. The highest BCUT2D eigenvalue weighted by molar-refractivity contribution is 7.10. The van der Waals surface area contributed by atoms with E-state index >= 15 is 0 Å². The first-order valence-corrected chi connectivity index (χ1v) is 6.87. The van der Waals surface area contributed by atoms with E-state index < -0.39 is 0 Å². The van der Waals surface area contributed by atoms with E-state index in [1.165, 1.54) is 10.4 Å². The lowest BCUT2D eigenvalue weighted by Crippen LogP contribution is -2.28. The van der Waals surface area contributed by atoms with E-state index in [0.717, 1.165) is 11.3 Å². The molecule has 4 heteroatoms. The van der Waals surface area contributed by atoms with Crippen LogP contribution in [0.5, 0.6) is 5.75 Å². The Balaban J connectivity index is 2.25. The molecular formula is C14H18N2OS. The summed E-state index contributed by atoms with van der Waals surface area (Å²) in [5.41, 5.74) is 5.25. The average Bonchev–Trinajstić information content (AvgIpc) is 2.79. The predicted octanol–water partition coefficient (Wildman–Crippen LogP) is 3.01. The first kappa shape index (κ1) is 13.1. The van der Waals surface area contributed by atoms with Gasteiger partial charge in [-0.2, -0.15) is 0 Å². The summed E-state index contributed by atoms with van der Waals surface area (Å²) in [6, 6.07) is 10.2. The van der Waals surface area contributed by atoms with Crippen molar-refractivity contribution >= 4 is 11.3 Å². The Morgan fingerprint density at radius 2 is 2.00 bits per heavy atom. The molecule has 1 heterocycles. The van der Waals surface area contributed by atoms with Crippen molar-refractivity contribution < 1.29 is 4.74 Å². The van der Waals surface area contributed by atoms with Crippen LogP contribution < -0.4 is 16.0 Å². The molecular weight excluding hydrogens is 244 g/mol. The summed E-state index contributed by atoms with van der Waals surface area (Å²) in [4.78, 5) is 1.28. The summed E-state index contributed by atoms with van der Waals surface area (Å²) < 4.78 is 5.44. The smallest absolute Gasteiger partial charge is 0.119 e. The third kappa shape index (κ3) is 2.72. The van der Waals surface area contributed by atoms with Crippen LogP contribution in [-0.2, 0) is 0 Å². The molecule has 0 aliphatic rings. The van der Waals surface area contributed by atoms with Crippen LogP contribution in [0, 0.1) is 6.92 Å². The van der Waals surface area contributed by atoms with Crippen LogP contribution in [0.1, 0.15) is 29.0 Å². The molecule has 1 aromatic carbocycles. The zero-order valence-corrected chi connectivity index (χ0v) is 11.5. The van der Waals surface area contributed by atoms with Gasteiger partial charge in [-0.15, -0.1) is 11.3 Å². The molecule has 0 aliphatic carbocycles. The van der Waals surface area contributed by atoms with Gasteiger partial charge in [0.25, 0.3) is 0 Å². The van der Waals surface area contributed by atoms with Gasteiger partial charge in [-0.25, -0.2) is 5.43 Å². The van der Waals surface area contributed by atoms with E-state index in [1.807, 2.05) is 31.2 Å². The van der Waals surface area contributed by atoms with Crippen molar-refractivity contribution in [2.45, 2.75) is 19.9 Å². The molecule has 3 nitrogen and oxygen atoms in total. The third-order valence-electron chi connectivity index (χ3n) is 2.90. The summed E-state index contributed by atoms with van der Waals surface area (Å²) in [6.07, 6.45) is 0. The summed E-state index contributed by atoms with van der Waals surface area (Å²) in [7, 11) is 0. The lowest BCUT2D eigenvalue weighted by molar-refractivity contribution is 0.340. The number of hydrogen-bond donors (Lipinski definition) is 2. The first-order valence-electron chi connectivity index (χ1n) is 5.99. The number of nitrogens with one attached hydrogen (secondary N) is 1. The van der Waals surface area contributed by atoms with Gasteiger partial charge in [-0.05, 0) is 48.6 Å². The van der Waals surface area contributed by atoms with E-state index in [2.05, 4.69) is 23.8 Å². The summed E-state index contributed by atoms with van der Waals surface area (Å²) in [5, 5.41) is 2.09. The zero-order chi connectivity index (χ0) is 13.0. The number of hydrazine groups is 1. The van der Waals surface area contributed by atoms with E-state index in [9.17, 15) is 0 Å². The normalized spacial score (nSPS) is 12.4. The van der Waals surface area contributed by atoms with Crippen LogP contribution in [0.2, 0.25) is 0 Å². The number of thiophene rings is 1. The first-order chi connectivity index (χ1) is 8.76. The molecule has 1 atom stereocenters. The summed E-state index contributed by atoms with van der Waals surface area (Å²) >= 11 is 1.73. The minimum absolute atomic E-state index is 0.0342. The molecule has 0 aliphatic heterocycles. The lowest BCUT2D eigenvalue weighted by Gasteiger charge is -2.17. The molecule has 1 unspecified atom stereocenters. The van der Waals surface area contributed by atoms with Gasteiger partial charge >= 0.3 is 0 Å². The highest BCUT2D eigenvalue weighted by Gasteiger charge is 2.15. The molecule has 2 aromatic rings. The third-order valence-corrected chi connectivity index (χ3v) is 3.76. The topological polar surface area (TPSA) is 47.3 Å². The monoisotopic (exact) mass is 262 g/mol. The number of nitrogens with two attached hydrogens (primary N) is 1. The number of hydrogen-bond acceptors (Lipinski definition) is 4. The Kier molecular flexibility index (Phi) is 4.36. The fourth-order valence-corrected chi connectivity index (χ4v) is 2.72. The molecule has 0 amide bonds. The SMILES string of the molecule is CCOc1ccc(C(NN)c2ccsc2C)cc1. The maximum absolute atomic E-state index is 5.68. The largest absolute Gasteiger partial charge is 0.494 e. The van der Waals surface area contributed by atoms with E-state index in [0.29, 0.717) is 6.61 Å². The summed E-state index contributed by atoms with van der Waals surface area (Å²) in [5.74, 6) is 6.57. The number of rotatable bonds is 5. The second kappa shape index (κ2) is 6.00. The van der Waals surface area contributed by atoms with Gasteiger partial charge in [-0.3, -0.25) is 5.84 Å². The maximum Gasteiger partial charge on any atom is 0.119 e. The van der Waals surface area contributed by atoms with Crippen LogP contribution in [0.15, 0.2) is 35.7 Å². The fraction of sp³-hybridized carbons (Fsp3) is 0.286. The summed E-state index contributed by atoms with van der Waals surface area (Å²) in [6.45, 7) is 4.77. The molecule has 0 saturated carbocycles. The Bertz CT molecular complexity index is 493. The van der Waals surface area contributed by atoms with E-state index in [-0.39, 0.29) is 6.04 Å². The number of aryl methyl sites for hydroxylation is 1. The quantitative estimate of drug-likeness (QED) is 0.643. The molecule has 1 aromatic heterocycles. The highest BCUT2D eigenvalue weighted by Crippen LogP contribution is 2.28. The predicted molar refractivity (Wildman–Crippen MR) is 75.8 cm³/mol. The lowest BCUT2D eigenvalue weighted by atomic mass is 10.00. The van der Waals surface area contributed by atoms with Crippen molar-refractivity contribution in [1.29, 1.82) is 0 Å². The van der Waals surface area contributed by atoms with Gasteiger partial charge < -0.3 is 4.74 Å². The Morgan fingerprint density at radius 1 is 1.28 bits per heavy atom. The highest BCUT2D eigenvalue weighted by atomic mass is 32.1. The van der Waals surface area contributed by atoms with Crippen LogP contribution in [0.4, 0.5) is 0 Å². The molecule has 18 heavy (non-hydrogen) atoms. The molecule has 0 saturated heterocycles. The van der Waals surface area contributed by atoms with E-state index in [4.69, 9.17) is 10.6 Å². The second-order valence-electron chi connectivity index (χ2n) is 4.03. The fourth-order valence-electron chi connectivity index (χ4n) is 1.98. The van der Waals surface area contributed by atoms with Crippen molar-refractivity contribution in [3.8, 4) is 5.75 Å². The van der Waals surface area contributed by atoms with Gasteiger partial charge in [0, 0.05) is 4.88 Å². The number of ether oxygens (including phenoxy) is 1. The van der Waals surface area contributed by atoms with Crippen LogP contribution >= 0.6 is 11.3 Å². The van der Waals surface area contributed by atoms with Crippen molar-refractivity contribution in [3.63, 3.8) is 0 Å². The molecule has 0 bridgehead atoms. The van der Waals surface area contributed by atoms with Gasteiger partial charge in [0.05, 0.1) is 12.6 Å². The number of benzene rings is 1. The maximum atomic E-state index is 5.68. The van der Waals surface area contributed by atoms with Crippen molar-refractivity contribution in [3.05, 3.63) is 51.7 Å². The minimum Gasteiger partial charge on any atom is -0.494 e. The van der Waals surface area contributed by atoms with Crippen LogP contribution in [0.25, 0.3) is 0 Å². The molecule has 0 spiro atoms. The van der Waals surface area contributed by atoms with Crippen LogP contribution in [0.3, 0.4) is 0 Å². The van der Waals surface area contributed by atoms with Gasteiger partial charge in [0.1, 0.15) is 5.75 Å². The Morgan fingerprint density at radius 3 is 2.50 bits per heavy atom. The molecule has 3 N–H and O–H groups in total. The van der Waals surface area contributed by atoms with Gasteiger partial charge in [0.15, 0.2) is 0 Å².